The molecule has 0 saturated carbocycles. The summed E-state index contributed by atoms with van der Waals surface area (Å²) in [6, 6.07) is 0. The highest BCUT2D eigenvalue weighted by molar-refractivity contribution is 5.71. The molecular weight excluding hydrogens is 769 g/mol. The molecule has 0 amide bonds. The number of allylic oxidation sites excluding steroid dienone is 16. The molecule has 0 rings (SSSR count). The Morgan fingerprint density at radius 3 is 1.18 bits per heavy atom. The van der Waals surface area contributed by atoms with Crippen LogP contribution in [-0.2, 0) is 28.6 Å². The zero-order chi connectivity index (χ0) is 45.1. The molecule has 0 fully saturated rings. The van der Waals surface area contributed by atoms with Gasteiger partial charge in [0.25, 0.3) is 0 Å². The fourth-order valence-electron chi connectivity index (χ4n) is 6.68. The van der Waals surface area contributed by atoms with E-state index < -0.39 is 6.10 Å². The van der Waals surface area contributed by atoms with Gasteiger partial charge in [0.2, 0.25) is 0 Å². The van der Waals surface area contributed by atoms with Crippen LogP contribution in [0.4, 0.5) is 0 Å². The van der Waals surface area contributed by atoms with Crippen LogP contribution in [0.1, 0.15) is 220 Å². The van der Waals surface area contributed by atoms with Crippen LogP contribution >= 0.6 is 0 Å². The third-order valence-electron chi connectivity index (χ3n) is 10.4. The first kappa shape index (κ1) is 58.3. The molecule has 0 aromatic heterocycles. The second kappa shape index (κ2) is 50.0. The smallest absolute Gasteiger partial charge is 0.306 e. The summed E-state index contributed by atoms with van der Waals surface area (Å²) in [7, 11) is 0. The number of ether oxygens (including phenoxy) is 3. The van der Waals surface area contributed by atoms with Crippen LogP contribution < -0.4 is 0 Å². The van der Waals surface area contributed by atoms with E-state index in [-0.39, 0.29) is 31.1 Å². The van der Waals surface area contributed by atoms with E-state index >= 15 is 0 Å². The lowest BCUT2D eigenvalue weighted by Gasteiger charge is -2.18. The Morgan fingerprint density at radius 1 is 0.355 bits per heavy atom. The van der Waals surface area contributed by atoms with E-state index in [1.54, 1.807) is 0 Å². The Bertz CT molecular complexity index is 1260. The van der Waals surface area contributed by atoms with Crippen molar-refractivity contribution >= 4 is 17.9 Å². The molecule has 1 unspecified atom stereocenters. The van der Waals surface area contributed by atoms with Crippen molar-refractivity contribution in [3.05, 3.63) is 97.2 Å². The van der Waals surface area contributed by atoms with Crippen molar-refractivity contribution in [1.29, 1.82) is 0 Å². The molecule has 6 heteroatoms. The summed E-state index contributed by atoms with van der Waals surface area (Å²) in [4.78, 5) is 37.9. The number of hydrogen-bond donors (Lipinski definition) is 0. The Balaban J connectivity index is 4.42. The number of esters is 3. The summed E-state index contributed by atoms with van der Waals surface area (Å²) in [5, 5.41) is 0. The molecule has 0 heterocycles. The van der Waals surface area contributed by atoms with Crippen molar-refractivity contribution in [2.75, 3.05) is 13.2 Å². The zero-order valence-electron chi connectivity index (χ0n) is 40.1. The zero-order valence-corrected chi connectivity index (χ0v) is 40.1. The normalized spacial score (nSPS) is 12.9. The third kappa shape index (κ3) is 47.4. The van der Waals surface area contributed by atoms with Gasteiger partial charge in [-0.1, -0.05) is 221 Å². The maximum absolute atomic E-state index is 12.8. The van der Waals surface area contributed by atoms with Gasteiger partial charge in [0, 0.05) is 19.3 Å². The number of rotatable bonds is 44. The number of unbranched alkanes of at least 4 members (excludes halogenated alkanes) is 20. The quantitative estimate of drug-likeness (QED) is 0.0200. The molecule has 0 aliphatic carbocycles. The molecule has 0 bridgehead atoms. The van der Waals surface area contributed by atoms with Gasteiger partial charge in [-0.2, -0.15) is 0 Å². The van der Waals surface area contributed by atoms with Gasteiger partial charge in [0.05, 0.1) is 0 Å². The Morgan fingerprint density at radius 2 is 0.710 bits per heavy atom. The van der Waals surface area contributed by atoms with E-state index in [0.717, 1.165) is 122 Å². The SMILES string of the molecule is CC\C=C/C=C\C=C/C=C\CCCCCCCC(=O)OC(COC(=O)CCCCCCCC/C=C\C/C=C\C/C=C\C/C=C\CC)COC(=O)CCCCCCCCCCCC. The van der Waals surface area contributed by atoms with Crippen LogP contribution in [0.5, 0.6) is 0 Å². The number of carbonyl (C=O) groups is 3. The van der Waals surface area contributed by atoms with Gasteiger partial charge in [-0.05, 0) is 77.0 Å². The fraction of sp³-hybridized carbons (Fsp3) is 0.661. The minimum atomic E-state index is -0.794. The summed E-state index contributed by atoms with van der Waals surface area (Å²) in [5.74, 6) is -0.935. The van der Waals surface area contributed by atoms with E-state index in [2.05, 4.69) is 93.7 Å². The van der Waals surface area contributed by atoms with E-state index in [9.17, 15) is 14.4 Å². The van der Waals surface area contributed by atoms with Gasteiger partial charge < -0.3 is 14.2 Å². The number of hydrogen-bond acceptors (Lipinski definition) is 6. The van der Waals surface area contributed by atoms with E-state index in [1.165, 1.54) is 57.8 Å². The molecule has 62 heavy (non-hydrogen) atoms. The predicted octanol–water partition coefficient (Wildman–Crippen LogP) is 16.6. The monoisotopic (exact) mass is 861 g/mol. The summed E-state index contributed by atoms with van der Waals surface area (Å²) < 4.78 is 16.7. The summed E-state index contributed by atoms with van der Waals surface area (Å²) >= 11 is 0. The second-order valence-corrected chi connectivity index (χ2v) is 16.4. The van der Waals surface area contributed by atoms with E-state index in [4.69, 9.17) is 14.2 Å². The third-order valence-corrected chi connectivity index (χ3v) is 10.4. The molecule has 352 valence electrons. The standard InChI is InChI=1S/C56H92O6/c1-4-7-10-13-16-19-22-24-26-27-28-29-31-32-34-37-40-43-46-49-55(58)61-52-53(51-60-54(57)48-45-42-39-36-21-18-15-12-9-6-3)62-56(59)50-47-44-41-38-35-33-30-25-23-20-17-14-11-8-5-2/h7-8,10-11,14,16-17,19-20,23-26,28-30,53H,4-6,9,12-13,15,18,21-22,27,31-52H2,1-3H3/b10-7-,11-8-,17-14-,19-16-,23-20-,26-24-,29-28-,30-25-. The van der Waals surface area contributed by atoms with E-state index in [1.807, 2.05) is 24.3 Å². The van der Waals surface area contributed by atoms with Gasteiger partial charge in [-0.15, -0.1) is 0 Å². The first-order chi connectivity index (χ1) is 30.5. The Hall–Kier alpha value is -3.67. The average molecular weight is 861 g/mol. The molecule has 1 atom stereocenters. The van der Waals surface area contributed by atoms with Crippen LogP contribution in [-0.4, -0.2) is 37.2 Å². The lowest BCUT2D eigenvalue weighted by Crippen LogP contribution is -2.30. The molecule has 0 aliphatic rings. The lowest BCUT2D eigenvalue weighted by atomic mass is 10.1. The number of carbonyl (C=O) groups excluding carboxylic acids is 3. The summed E-state index contributed by atoms with van der Waals surface area (Å²) in [5.41, 5.74) is 0. The van der Waals surface area contributed by atoms with Gasteiger partial charge in [-0.3, -0.25) is 14.4 Å². The minimum Gasteiger partial charge on any atom is -0.462 e. The van der Waals surface area contributed by atoms with Crippen molar-refractivity contribution in [1.82, 2.24) is 0 Å². The first-order valence-electron chi connectivity index (χ1n) is 25.3. The maximum atomic E-state index is 12.8. The molecule has 0 aromatic carbocycles. The Kier molecular flexibility index (Phi) is 47.0. The van der Waals surface area contributed by atoms with Crippen molar-refractivity contribution in [3.8, 4) is 0 Å². The molecule has 0 spiro atoms. The van der Waals surface area contributed by atoms with Gasteiger partial charge in [-0.25, -0.2) is 0 Å². The summed E-state index contributed by atoms with van der Waals surface area (Å²) in [6.07, 6.45) is 65.3. The predicted molar refractivity (Wildman–Crippen MR) is 265 cm³/mol. The van der Waals surface area contributed by atoms with Crippen molar-refractivity contribution in [2.45, 2.75) is 226 Å². The molecule has 0 N–H and O–H groups in total. The minimum absolute atomic E-state index is 0.0918. The largest absolute Gasteiger partial charge is 0.462 e. The lowest BCUT2D eigenvalue weighted by molar-refractivity contribution is -0.167. The summed E-state index contributed by atoms with van der Waals surface area (Å²) in [6.45, 7) is 6.33. The van der Waals surface area contributed by atoms with Crippen molar-refractivity contribution in [3.63, 3.8) is 0 Å². The van der Waals surface area contributed by atoms with Crippen LogP contribution in [0.2, 0.25) is 0 Å². The highest BCUT2D eigenvalue weighted by Crippen LogP contribution is 2.14. The fourth-order valence-corrected chi connectivity index (χ4v) is 6.68. The molecule has 0 aliphatic heterocycles. The Labute approximate surface area is 381 Å². The second-order valence-electron chi connectivity index (χ2n) is 16.4. The van der Waals surface area contributed by atoms with Crippen molar-refractivity contribution < 1.29 is 28.6 Å². The van der Waals surface area contributed by atoms with Crippen molar-refractivity contribution in [2.24, 2.45) is 0 Å². The topological polar surface area (TPSA) is 78.9 Å². The molecule has 6 nitrogen and oxygen atoms in total. The highest BCUT2D eigenvalue weighted by Gasteiger charge is 2.19. The first-order valence-corrected chi connectivity index (χ1v) is 25.3. The van der Waals surface area contributed by atoms with Crippen LogP contribution in [0.15, 0.2) is 97.2 Å². The van der Waals surface area contributed by atoms with Crippen LogP contribution in [0.25, 0.3) is 0 Å². The highest BCUT2D eigenvalue weighted by atomic mass is 16.6. The van der Waals surface area contributed by atoms with Gasteiger partial charge in [0.15, 0.2) is 6.10 Å². The molecule has 0 saturated heterocycles. The average Bonchev–Trinajstić information content (AvgIpc) is 3.27. The molecule has 0 radical (unpaired) electrons. The molecule has 0 aromatic rings. The maximum Gasteiger partial charge on any atom is 0.306 e. The van der Waals surface area contributed by atoms with Gasteiger partial charge >= 0.3 is 17.9 Å². The van der Waals surface area contributed by atoms with Gasteiger partial charge in [0.1, 0.15) is 13.2 Å². The van der Waals surface area contributed by atoms with E-state index in [0.29, 0.717) is 19.3 Å². The van der Waals surface area contributed by atoms with Crippen LogP contribution in [0.3, 0.4) is 0 Å². The molecular formula is C56H92O6. The van der Waals surface area contributed by atoms with Crippen LogP contribution in [0, 0.1) is 0 Å².